The summed E-state index contributed by atoms with van der Waals surface area (Å²) in [7, 11) is 0. The second kappa shape index (κ2) is 7.29. The van der Waals surface area contributed by atoms with Gasteiger partial charge in [-0.2, -0.15) is 0 Å². The minimum Gasteiger partial charge on any atom is -0.339 e. The molecule has 0 bridgehead atoms. The molecule has 0 spiro atoms. The van der Waals surface area contributed by atoms with Gasteiger partial charge in [0.05, 0.1) is 4.92 Å². The fourth-order valence-corrected chi connectivity index (χ4v) is 1.98. The quantitative estimate of drug-likeness (QED) is 0.455. The standard InChI is InChI=1S/C15H18N2O3/c1-4-9-16(10-5-2)15(18)13-8-7-12(6-3)14(11-13)17(19)20/h3,7-8,11H,4-5,9-10H2,1-2H3. The van der Waals surface area contributed by atoms with E-state index in [0.29, 0.717) is 18.7 Å². The molecule has 20 heavy (non-hydrogen) atoms. The highest BCUT2D eigenvalue weighted by Crippen LogP contribution is 2.20. The lowest BCUT2D eigenvalue weighted by atomic mass is 10.1. The van der Waals surface area contributed by atoms with Crippen LogP contribution in [-0.2, 0) is 0 Å². The fraction of sp³-hybridized carbons (Fsp3) is 0.400. The molecule has 0 aliphatic carbocycles. The van der Waals surface area contributed by atoms with Crippen LogP contribution in [0.4, 0.5) is 5.69 Å². The number of rotatable bonds is 6. The van der Waals surface area contributed by atoms with E-state index >= 15 is 0 Å². The molecule has 0 aliphatic rings. The first kappa shape index (κ1) is 15.7. The Morgan fingerprint density at radius 1 is 1.35 bits per heavy atom. The molecular weight excluding hydrogens is 256 g/mol. The van der Waals surface area contributed by atoms with Gasteiger partial charge in [0, 0.05) is 24.7 Å². The van der Waals surface area contributed by atoms with Gasteiger partial charge >= 0.3 is 0 Å². The molecule has 106 valence electrons. The molecule has 5 heteroatoms. The van der Waals surface area contributed by atoms with Crippen LogP contribution in [0.25, 0.3) is 0 Å². The number of hydrogen-bond donors (Lipinski definition) is 0. The summed E-state index contributed by atoms with van der Waals surface area (Å²) in [5.41, 5.74) is 0.285. The molecule has 0 saturated carbocycles. The van der Waals surface area contributed by atoms with Crippen molar-refractivity contribution >= 4 is 11.6 Å². The van der Waals surface area contributed by atoms with Gasteiger partial charge in [0.15, 0.2) is 0 Å². The molecular formula is C15H18N2O3. The number of nitro benzene ring substituents is 1. The zero-order valence-electron chi connectivity index (χ0n) is 11.8. The molecule has 0 N–H and O–H groups in total. The summed E-state index contributed by atoms with van der Waals surface area (Å²) in [6.07, 6.45) is 6.91. The number of hydrogen-bond acceptors (Lipinski definition) is 3. The van der Waals surface area contributed by atoms with E-state index in [-0.39, 0.29) is 17.2 Å². The van der Waals surface area contributed by atoms with Gasteiger partial charge in [0.25, 0.3) is 11.6 Å². The number of nitro groups is 1. The van der Waals surface area contributed by atoms with Gasteiger partial charge in [0.2, 0.25) is 0 Å². The second-order valence-electron chi connectivity index (χ2n) is 4.43. The fourth-order valence-electron chi connectivity index (χ4n) is 1.98. The van der Waals surface area contributed by atoms with Gasteiger partial charge in [0.1, 0.15) is 5.56 Å². The summed E-state index contributed by atoms with van der Waals surface area (Å²) in [6, 6.07) is 4.25. The number of amides is 1. The normalized spacial score (nSPS) is 9.85. The van der Waals surface area contributed by atoms with E-state index in [2.05, 4.69) is 5.92 Å². The summed E-state index contributed by atoms with van der Waals surface area (Å²) in [5, 5.41) is 11.0. The van der Waals surface area contributed by atoms with Crippen LogP contribution >= 0.6 is 0 Å². The summed E-state index contributed by atoms with van der Waals surface area (Å²) < 4.78 is 0. The number of nitrogens with zero attached hydrogens (tertiary/aromatic N) is 2. The van der Waals surface area contributed by atoms with Crippen molar-refractivity contribution in [2.45, 2.75) is 26.7 Å². The summed E-state index contributed by atoms with van der Waals surface area (Å²) in [5.74, 6) is 2.06. The molecule has 0 unspecified atom stereocenters. The van der Waals surface area contributed by atoms with E-state index in [1.165, 1.54) is 12.1 Å². The molecule has 5 nitrogen and oxygen atoms in total. The molecule has 1 aromatic carbocycles. The van der Waals surface area contributed by atoms with E-state index in [0.717, 1.165) is 12.8 Å². The molecule has 0 aromatic heterocycles. The smallest absolute Gasteiger partial charge is 0.285 e. The SMILES string of the molecule is C#Cc1ccc(C(=O)N(CCC)CCC)cc1[N+](=O)[O-]. The molecule has 1 aromatic rings. The molecule has 0 heterocycles. The van der Waals surface area contributed by atoms with Gasteiger partial charge in [-0.05, 0) is 25.0 Å². The van der Waals surface area contributed by atoms with Crippen molar-refractivity contribution in [2.75, 3.05) is 13.1 Å². The van der Waals surface area contributed by atoms with E-state index < -0.39 is 4.92 Å². The monoisotopic (exact) mass is 274 g/mol. The first-order chi connectivity index (χ1) is 9.54. The van der Waals surface area contributed by atoms with Crippen LogP contribution in [0.5, 0.6) is 0 Å². The lowest BCUT2D eigenvalue weighted by Gasteiger charge is -2.21. The lowest BCUT2D eigenvalue weighted by molar-refractivity contribution is -0.385. The van der Waals surface area contributed by atoms with Crippen LogP contribution in [0.2, 0.25) is 0 Å². The molecule has 0 radical (unpaired) electrons. The van der Waals surface area contributed by atoms with Crippen molar-refractivity contribution in [3.63, 3.8) is 0 Å². The van der Waals surface area contributed by atoms with Gasteiger partial charge in [-0.25, -0.2) is 0 Å². The van der Waals surface area contributed by atoms with Crippen LogP contribution in [0.3, 0.4) is 0 Å². The molecule has 1 amide bonds. The maximum atomic E-state index is 12.4. The highest BCUT2D eigenvalue weighted by molar-refractivity contribution is 5.95. The van der Waals surface area contributed by atoms with Crippen LogP contribution in [0.1, 0.15) is 42.6 Å². The third kappa shape index (κ3) is 3.58. The van der Waals surface area contributed by atoms with Crippen LogP contribution in [-0.4, -0.2) is 28.8 Å². The Kier molecular flexibility index (Phi) is 5.73. The Labute approximate surface area is 118 Å². The minimum atomic E-state index is -0.560. The van der Waals surface area contributed by atoms with Gasteiger partial charge < -0.3 is 4.90 Å². The van der Waals surface area contributed by atoms with Crippen molar-refractivity contribution in [1.82, 2.24) is 4.90 Å². The number of carbonyl (C=O) groups excluding carboxylic acids is 1. The van der Waals surface area contributed by atoms with Crippen LogP contribution in [0, 0.1) is 22.5 Å². The maximum Gasteiger partial charge on any atom is 0.285 e. The summed E-state index contributed by atoms with van der Waals surface area (Å²) in [6.45, 7) is 5.24. The topological polar surface area (TPSA) is 63.5 Å². The van der Waals surface area contributed by atoms with Crippen LogP contribution in [0.15, 0.2) is 18.2 Å². The maximum absolute atomic E-state index is 12.4. The first-order valence-corrected chi connectivity index (χ1v) is 6.59. The Morgan fingerprint density at radius 2 is 1.95 bits per heavy atom. The summed E-state index contributed by atoms with van der Waals surface area (Å²) in [4.78, 5) is 24.5. The van der Waals surface area contributed by atoms with Crippen molar-refractivity contribution < 1.29 is 9.72 Å². The zero-order chi connectivity index (χ0) is 15.1. The van der Waals surface area contributed by atoms with Crippen molar-refractivity contribution in [3.8, 4) is 12.3 Å². The Hall–Kier alpha value is -2.35. The molecule has 1 rings (SSSR count). The number of benzene rings is 1. The lowest BCUT2D eigenvalue weighted by Crippen LogP contribution is -2.32. The van der Waals surface area contributed by atoms with Crippen molar-refractivity contribution in [3.05, 3.63) is 39.4 Å². The Bertz CT molecular complexity index is 541. The first-order valence-electron chi connectivity index (χ1n) is 6.59. The zero-order valence-corrected chi connectivity index (χ0v) is 11.8. The van der Waals surface area contributed by atoms with Crippen LogP contribution < -0.4 is 0 Å². The van der Waals surface area contributed by atoms with Gasteiger partial charge in [-0.15, -0.1) is 6.42 Å². The minimum absolute atomic E-state index is 0.184. The number of carbonyl (C=O) groups is 1. The molecule has 0 fully saturated rings. The van der Waals surface area contributed by atoms with E-state index in [1.807, 2.05) is 13.8 Å². The van der Waals surface area contributed by atoms with E-state index in [4.69, 9.17) is 6.42 Å². The highest BCUT2D eigenvalue weighted by atomic mass is 16.6. The largest absolute Gasteiger partial charge is 0.339 e. The Balaban J connectivity index is 3.13. The summed E-state index contributed by atoms with van der Waals surface area (Å²) >= 11 is 0. The number of terminal acetylenes is 1. The predicted molar refractivity (Wildman–Crippen MR) is 77.5 cm³/mol. The van der Waals surface area contributed by atoms with Crippen molar-refractivity contribution in [2.24, 2.45) is 0 Å². The average molecular weight is 274 g/mol. The third-order valence-electron chi connectivity index (χ3n) is 2.87. The highest BCUT2D eigenvalue weighted by Gasteiger charge is 2.19. The molecule has 0 saturated heterocycles. The van der Waals surface area contributed by atoms with Gasteiger partial charge in [-0.3, -0.25) is 14.9 Å². The van der Waals surface area contributed by atoms with E-state index in [9.17, 15) is 14.9 Å². The average Bonchev–Trinajstić information content (AvgIpc) is 2.45. The second-order valence-corrected chi connectivity index (χ2v) is 4.43. The van der Waals surface area contributed by atoms with Gasteiger partial charge in [-0.1, -0.05) is 19.8 Å². The van der Waals surface area contributed by atoms with E-state index in [1.54, 1.807) is 11.0 Å². The third-order valence-corrected chi connectivity index (χ3v) is 2.87. The van der Waals surface area contributed by atoms with Crippen molar-refractivity contribution in [1.29, 1.82) is 0 Å². The molecule has 0 aliphatic heterocycles. The predicted octanol–water partition coefficient (Wildman–Crippen LogP) is 2.84. The Morgan fingerprint density at radius 3 is 2.40 bits per heavy atom. The molecule has 0 atom stereocenters.